The third-order valence-corrected chi connectivity index (χ3v) is 3.92. The Hall–Kier alpha value is -0.830. The van der Waals surface area contributed by atoms with Crippen molar-refractivity contribution in [1.82, 2.24) is 9.78 Å². The van der Waals surface area contributed by atoms with Gasteiger partial charge in [-0.2, -0.15) is 5.10 Å². The molecule has 0 spiro atoms. The molecule has 3 atom stereocenters. The van der Waals surface area contributed by atoms with Crippen molar-refractivity contribution in [1.29, 1.82) is 0 Å². The van der Waals surface area contributed by atoms with E-state index < -0.39 is 0 Å². The van der Waals surface area contributed by atoms with Gasteiger partial charge in [0.1, 0.15) is 0 Å². The first-order chi connectivity index (χ1) is 7.74. The Balaban J connectivity index is 2.13. The molecule has 2 N–H and O–H groups in total. The normalized spacial score (nSPS) is 27.2. The summed E-state index contributed by atoms with van der Waals surface area (Å²) in [4.78, 5) is 0. The molecule has 3 unspecified atom stereocenters. The highest BCUT2D eigenvalue weighted by atomic mass is 15.3. The maximum absolute atomic E-state index is 6.41. The van der Waals surface area contributed by atoms with E-state index in [4.69, 9.17) is 5.73 Å². The van der Waals surface area contributed by atoms with Crippen LogP contribution in [0.25, 0.3) is 0 Å². The molecular weight excluding hydrogens is 198 g/mol. The predicted octanol–water partition coefficient (Wildman–Crippen LogP) is 2.73. The van der Waals surface area contributed by atoms with E-state index in [1.54, 1.807) is 0 Å². The van der Waals surface area contributed by atoms with Crippen molar-refractivity contribution in [2.75, 3.05) is 0 Å². The van der Waals surface area contributed by atoms with Gasteiger partial charge in [-0.25, -0.2) is 0 Å². The van der Waals surface area contributed by atoms with Gasteiger partial charge in [-0.3, -0.25) is 4.68 Å². The number of hydrogen-bond donors (Lipinski definition) is 1. The molecule has 1 aliphatic carbocycles. The van der Waals surface area contributed by atoms with Crippen molar-refractivity contribution in [2.45, 2.75) is 52.1 Å². The summed E-state index contributed by atoms with van der Waals surface area (Å²) in [6.07, 6.45) is 6.94. The minimum absolute atomic E-state index is 0.173. The summed E-state index contributed by atoms with van der Waals surface area (Å²) in [6, 6.07) is 2.26. The molecule has 2 rings (SSSR count). The largest absolute Gasteiger partial charge is 0.322 e. The lowest BCUT2D eigenvalue weighted by Gasteiger charge is -2.24. The van der Waals surface area contributed by atoms with Gasteiger partial charge in [0.2, 0.25) is 0 Å². The lowest BCUT2D eigenvalue weighted by molar-refractivity contribution is 0.334. The third kappa shape index (κ3) is 2.14. The van der Waals surface area contributed by atoms with Crippen LogP contribution in [-0.2, 0) is 6.54 Å². The van der Waals surface area contributed by atoms with E-state index in [-0.39, 0.29) is 6.04 Å². The van der Waals surface area contributed by atoms with Crippen LogP contribution in [0, 0.1) is 11.8 Å². The molecule has 0 aliphatic heterocycles. The van der Waals surface area contributed by atoms with E-state index in [0.717, 1.165) is 18.9 Å². The molecule has 0 saturated heterocycles. The predicted molar refractivity (Wildman–Crippen MR) is 66.0 cm³/mol. The fourth-order valence-corrected chi connectivity index (χ4v) is 2.95. The van der Waals surface area contributed by atoms with Gasteiger partial charge in [-0.05, 0) is 30.7 Å². The number of hydrogen-bond acceptors (Lipinski definition) is 2. The highest BCUT2D eigenvalue weighted by Gasteiger charge is 2.30. The zero-order chi connectivity index (χ0) is 11.5. The summed E-state index contributed by atoms with van der Waals surface area (Å²) >= 11 is 0. The van der Waals surface area contributed by atoms with Crippen molar-refractivity contribution in [3.8, 4) is 0 Å². The van der Waals surface area contributed by atoms with Crippen LogP contribution in [0.3, 0.4) is 0 Å². The first kappa shape index (κ1) is 11.6. The molecule has 0 amide bonds. The summed E-state index contributed by atoms with van der Waals surface area (Å²) in [5.41, 5.74) is 7.63. The minimum Gasteiger partial charge on any atom is -0.322 e. The van der Waals surface area contributed by atoms with Gasteiger partial charge in [0.25, 0.3) is 0 Å². The van der Waals surface area contributed by atoms with Crippen molar-refractivity contribution >= 4 is 0 Å². The number of nitrogens with zero attached hydrogens (tertiary/aromatic N) is 2. The number of rotatable bonds is 4. The van der Waals surface area contributed by atoms with E-state index in [9.17, 15) is 0 Å². The van der Waals surface area contributed by atoms with Crippen LogP contribution >= 0.6 is 0 Å². The minimum atomic E-state index is 0.173. The quantitative estimate of drug-likeness (QED) is 0.849. The Labute approximate surface area is 98.0 Å². The number of nitrogens with two attached hydrogens (primary N) is 1. The Kier molecular flexibility index (Phi) is 3.64. The van der Waals surface area contributed by atoms with E-state index in [1.165, 1.54) is 25.0 Å². The molecule has 3 nitrogen and oxygen atoms in total. The molecule has 0 radical (unpaired) electrons. The van der Waals surface area contributed by atoms with Crippen LogP contribution in [-0.4, -0.2) is 9.78 Å². The molecule has 0 bridgehead atoms. The monoisotopic (exact) mass is 221 g/mol. The second kappa shape index (κ2) is 5.00. The highest BCUT2D eigenvalue weighted by molar-refractivity contribution is 5.09. The summed E-state index contributed by atoms with van der Waals surface area (Å²) in [6.45, 7) is 5.49. The van der Waals surface area contributed by atoms with Gasteiger partial charge < -0.3 is 5.73 Å². The van der Waals surface area contributed by atoms with Gasteiger partial charge in [0, 0.05) is 18.8 Å². The van der Waals surface area contributed by atoms with Gasteiger partial charge in [-0.1, -0.05) is 26.7 Å². The van der Waals surface area contributed by atoms with Crippen LogP contribution in [0.2, 0.25) is 0 Å². The lowest BCUT2D eigenvalue weighted by atomic mass is 9.89. The average Bonchev–Trinajstić information content (AvgIpc) is 2.87. The molecule has 3 heteroatoms. The molecule has 1 aromatic heterocycles. The molecule has 0 aromatic carbocycles. The average molecular weight is 221 g/mol. The molecule has 1 fully saturated rings. The second-order valence-electron chi connectivity index (χ2n) is 5.08. The molecule has 1 aliphatic rings. The first-order valence-electron chi connectivity index (χ1n) is 6.51. The SMILES string of the molecule is CCCn1nccc1C(N)C1CCCC1C. The number of aryl methyl sites for hydroxylation is 1. The van der Waals surface area contributed by atoms with Gasteiger partial charge in [0.15, 0.2) is 0 Å². The fraction of sp³-hybridized carbons (Fsp3) is 0.769. The van der Waals surface area contributed by atoms with Gasteiger partial charge >= 0.3 is 0 Å². The molecule has 16 heavy (non-hydrogen) atoms. The van der Waals surface area contributed by atoms with E-state index in [0.29, 0.717) is 5.92 Å². The zero-order valence-corrected chi connectivity index (χ0v) is 10.4. The van der Waals surface area contributed by atoms with E-state index in [2.05, 4.69) is 29.7 Å². The number of aromatic nitrogens is 2. The molecule has 1 heterocycles. The summed E-state index contributed by atoms with van der Waals surface area (Å²) < 4.78 is 2.08. The molecular formula is C13H23N3. The van der Waals surface area contributed by atoms with Crippen LogP contribution in [0.5, 0.6) is 0 Å². The van der Waals surface area contributed by atoms with Crippen molar-refractivity contribution in [3.63, 3.8) is 0 Å². The Morgan fingerprint density at radius 3 is 3.00 bits per heavy atom. The van der Waals surface area contributed by atoms with Crippen LogP contribution in [0.15, 0.2) is 12.3 Å². The summed E-state index contributed by atoms with van der Waals surface area (Å²) in [5, 5.41) is 4.36. The maximum atomic E-state index is 6.41. The Bertz CT molecular complexity index is 332. The van der Waals surface area contributed by atoms with Crippen molar-refractivity contribution in [2.24, 2.45) is 17.6 Å². The van der Waals surface area contributed by atoms with Crippen molar-refractivity contribution < 1.29 is 0 Å². The van der Waals surface area contributed by atoms with Crippen LogP contribution < -0.4 is 5.73 Å². The first-order valence-corrected chi connectivity index (χ1v) is 6.51. The lowest BCUT2D eigenvalue weighted by Crippen LogP contribution is -2.26. The molecule has 1 aromatic rings. The van der Waals surface area contributed by atoms with E-state index >= 15 is 0 Å². The summed E-state index contributed by atoms with van der Waals surface area (Å²) in [5.74, 6) is 1.41. The Morgan fingerprint density at radius 1 is 1.56 bits per heavy atom. The standard InChI is InChI=1S/C13H23N3/c1-3-9-16-12(7-8-15-16)13(14)11-6-4-5-10(11)2/h7-8,10-11,13H,3-6,9,14H2,1-2H3. The fourth-order valence-electron chi connectivity index (χ4n) is 2.95. The second-order valence-corrected chi connectivity index (χ2v) is 5.08. The molecule has 1 saturated carbocycles. The van der Waals surface area contributed by atoms with Crippen LogP contribution in [0.1, 0.15) is 51.3 Å². The molecule has 90 valence electrons. The zero-order valence-electron chi connectivity index (χ0n) is 10.4. The topological polar surface area (TPSA) is 43.8 Å². The highest BCUT2D eigenvalue weighted by Crippen LogP contribution is 2.38. The smallest absolute Gasteiger partial charge is 0.0554 e. The van der Waals surface area contributed by atoms with Gasteiger partial charge in [-0.15, -0.1) is 0 Å². The van der Waals surface area contributed by atoms with Crippen molar-refractivity contribution in [3.05, 3.63) is 18.0 Å². The Morgan fingerprint density at radius 2 is 2.38 bits per heavy atom. The van der Waals surface area contributed by atoms with Gasteiger partial charge in [0.05, 0.1) is 5.69 Å². The van der Waals surface area contributed by atoms with E-state index in [1.807, 2.05) is 6.20 Å². The maximum Gasteiger partial charge on any atom is 0.0554 e. The van der Waals surface area contributed by atoms with Crippen LogP contribution in [0.4, 0.5) is 0 Å². The third-order valence-electron chi connectivity index (χ3n) is 3.92. The summed E-state index contributed by atoms with van der Waals surface area (Å²) in [7, 11) is 0.